The quantitative estimate of drug-likeness (QED) is 0.491. The van der Waals surface area contributed by atoms with Crippen molar-refractivity contribution in [2.24, 2.45) is 5.73 Å². The van der Waals surface area contributed by atoms with E-state index in [9.17, 15) is 4.79 Å². The molecule has 1 amide bonds. The number of nitrogens with zero attached hydrogens (tertiary/aromatic N) is 1. The lowest BCUT2D eigenvalue weighted by Crippen LogP contribution is -2.35. The van der Waals surface area contributed by atoms with Crippen molar-refractivity contribution in [3.05, 3.63) is 42.0 Å². The Kier molecular flexibility index (Phi) is 10.7. The number of rotatable bonds is 7. The van der Waals surface area contributed by atoms with Gasteiger partial charge >= 0.3 is 0 Å². The van der Waals surface area contributed by atoms with Crippen molar-refractivity contribution < 1.29 is 9.53 Å². The number of benzene rings is 2. The minimum atomic E-state index is -0.385. The van der Waals surface area contributed by atoms with Crippen molar-refractivity contribution in [2.75, 3.05) is 26.2 Å². The van der Waals surface area contributed by atoms with Crippen molar-refractivity contribution in [3.63, 3.8) is 0 Å². The highest BCUT2D eigenvalue weighted by Crippen LogP contribution is 2.22. The fraction of sp³-hybridized carbons (Fsp3) is 0.333. The van der Waals surface area contributed by atoms with Crippen LogP contribution >= 0.6 is 24.8 Å². The molecule has 2 aromatic rings. The molecule has 0 aromatic heterocycles. The molecule has 0 radical (unpaired) electrons. The molecule has 8 heteroatoms. The van der Waals surface area contributed by atoms with E-state index in [2.05, 4.69) is 24.1 Å². The molecule has 6 nitrogen and oxygen atoms in total. The molecule has 0 unspecified atom stereocenters. The minimum absolute atomic E-state index is 0. The molecule has 0 saturated carbocycles. The predicted octanol–water partition coefficient (Wildman–Crippen LogP) is 3.03. The molecule has 0 aliphatic carbocycles. The normalized spacial score (nSPS) is 9.96. The number of carbonyl (C=O) groups is 1. The van der Waals surface area contributed by atoms with Gasteiger partial charge in [-0.1, -0.05) is 26.0 Å². The van der Waals surface area contributed by atoms with Crippen LogP contribution in [0.4, 0.5) is 0 Å². The van der Waals surface area contributed by atoms with E-state index in [1.165, 1.54) is 0 Å². The van der Waals surface area contributed by atoms with Crippen LogP contribution in [0, 0.1) is 5.41 Å². The van der Waals surface area contributed by atoms with Crippen LogP contribution in [0.5, 0.6) is 5.75 Å². The van der Waals surface area contributed by atoms with Crippen LogP contribution in [0.25, 0.3) is 10.8 Å². The summed E-state index contributed by atoms with van der Waals surface area (Å²) in [7, 11) is 0. The number of hydrogen-bond donors (Lipinski definition) is 3. The molecule has 0 aliphatic heterocycles. The molecule has 0 heterocycles. The first-order valence-electron chi connectivity index (χ1n) is 8.07. The number of likely N-dealkylation sites (N-methyl/N-ethyl adjacent to an activating group) is 1. The van der Waals surface area contributed by atoms with Gasteiger partial charge in [0.25, 0.3) is 5.91 Å². The molecular formula is C18H26Cl2N4O2. The third-order valence-corrected chi connectivity index (χ3v) is 3.89. The van der Waals surface area contributed by atoms with E-state index in [4.69, 9.17) is 15.9 Å². The van der Waals surface area contributed by atoms with E-state index < -0.39 is 0 Å². The van der Waals surface area contributed by atoms with E-state index in [0.717, 1.165) is 36.2 Å². The topological polar surface area (TPSA) is 91.4 Å². The van der Waals surface area contributed by atoms with Gasteiger partial charge in [-0.25, -0.2) is 0 Å². The minimum Gasteiger partial charge on any atom is -0.492 e. The third-order valence-electron chi connectivity index (χ3n) is 3.89. The van der Waals surface area contributed by atoms with Crippen molar-refractivity contribution >= 4 is 47.5 Å². The predicted molar refractivity (Wildman–Crippen MR) is 111 cm³/mol. The summed E-state index contributed by atoms with van der Waals surface area (Å²) in [6, 6.07) is 11.1. The van der Waals surface area contributed by atoms with E-state index in [1.807, 2.05) is 24.3 Å². The highest BCUT2D eigenvalue weighted by atomic mass is 35.5. The second-order valence-corrected chi connectivity index (χ2v) is 5.47. The molecule has 0 fully saturated rings. The van der Waals surface area contributed by atoms with Gasteiger partial charge in [0.2, 0.25) is 0 Å². The summed E-state index contributed by atoms with van der Waals surface area (Å²) in [5.41, 5.74) is 5.65. The summed E-state index contributed by atoms with van der Waals surface area (Å²) < 4.78 is 5.81. The Hall–Kier alpha value is -2.02. The van der Waals surface area contributed by atoms with Crippen molar-refractivity contribution in [2.45, 2.75) is 13.8 Å². The summed E-state index contributed by atoms with van der Waals surface area (Å²) in [5.74, 6) is 0.0663. The number of nitrogens with one attached hydrogen (secondary N) is 2. The fourth-order valence-corrected chi connectivity index (χ4v) is 2.48. The van der Waals surface area contributed by atoms with Gasteiger partial charge in [0, 0.05) is 12.1 Å². The molecule has 0 bridgehead atoms. The lowest BCUT2D eigenvalue weighted by atomic mass is 10.1. The van der Waals surface area contributed by atoms with Gasteiger partial charge in [-0.3, -0.25) is 15.5 Å². The Balaban J connectivity index is 0.00000312. The van der Waals surface area contributed by atoms with Crippen molar-refractivity contribution in [1.82, 2.24) is 10.2 Å². The van der Waals surface area contributed by atoms with Gasteiger partial charge in [0.15, 0.2) is 5.96 Å². The van der Waals surface area contributed by atoms with E-state index in [1.54, 1.807) is 12.1 Å². The Morgan fingerprint density at radius 3 is 2.35 bits per heavy atom. The zero-order valence-corrected chi connectivity index (χ0v) is 16.6. The smallest absolute Gasteiger partial charge is 0.257 e. The average molecular weight is 401 g/mol. The van der Waals surface area contributed by atoms with Gasteiger partial charge in [-0.05, 0) is 48.1 Å². The van der Waals surface area contributed by atoms with Crippen molar-refractivity contribution in [3.8, 4) is 5.75 Å². The van der Waals surface area contributed by atoms with Crippen LogP contribution in [0.2, 0.25) is 0 Å². The molecule has 26 heavy (non-hydrogen) atoms. The standard InChI is InChI=1S/C18H24N4O2.2ClH/c1-3-22(4-2)9-10-24-16-8-7-13-11-15(6-5-14(13)12-16)17(23)21-18(19)20;;/h5-8,11-12H,3-4,9-10H2,1-2H3,(H4,19,20,21,23);2*1H. The Bertz CT molecular complexity index is 736. The van der Waals surface area contributed by atoms with Crippen LogP contribution < -0.4 is 15.8 Å². The van der Waals surface area contributed by atoms with Gasteiger partial charge in [0.05, 0.1) is 0 Å². The van der Waals surface area contributed by atoms with Crippen LogP contribution in [0.1, 0.15) is 24.2 Å². The monoisotopic (exact) mass is 400 g/mol. The van der Waals surface area contributed by atoms with Crippen LogP contribution in [-0.4, -0.2) is 43.0 Å². The molecule has 0 atom stereocenters. The number of ether oxygens (including phenoxy) is 1. The number of guanidine groups is 1. The van der Waals surface area contributed by atoms with Gasteiger partial charge in [-0.15, -0.1) is 24.8 Å². The maximum Gasteiger partial charge on any atom is 0.257 e. The summed E-state index contributed by atoms with van der Waals surface area (Å²) in [6.45, 7) is 7.85. The molecule has 4 N–H and O–H groups in total. The molecule has 2 rings (SSSR count). The fourth-order valence-electron chi connectivity index (χ4n) is 2.48. The Labute approximate surface area is 166 Å². The van der Waals surface area contributed by atoms with Crippen molar-refractivity contribution in [1.29, 1.82) is 5.41 Å². The summed E-state index contributed by atoms with van der Waals surface area (Å²) in [6.07, 6.45) is 0. The summed E-state index contributed by atoms with van der Waals surface area (Å²) >= 11 is 0. The lowest BCUT2D eigenvalue weighted by molar-refractivity contribution is 0.0976. The molecule has 0 aliphatic rings. The summed E-state index contributed by atoms with van der Waals surface area (Å²) in [4.78, 5) is 14.2. The van der Waals surface area contributed by atoms with Crippen LogP contribution in [0.15, 0.2) is 36.4 Å². The third kappa shape index (κ3) is 6.71. The largest absolute Gasteiger partial charge is 0.492 e. The molecule has 144 valence electrons. The number of nitrogens with two attached hydrogens (primary N) is 1. The maximum absolute atomic E-state index is 11.9. The SMILES string of the molecule is CCN(CC)CCOc1ccc2cc(C(=O)NC(=N)N)ccc2c1.Cl.Cl. The number of carbonyl (C=O) groups excluding carboxylic acids is 1. The van der Waals surface area contributed by atoms with E-state index in [-0.39, 0.29) is 36.7 Å². The molecule has 0 saturated heterocycles. The Morgan fingerprint density at radius 1 is 1.12 bits per heavy atom. The average Bonchev–Trinajstić information content (AvgIpc) is 2.57. The first kappa shape index (κ1) is 24.0. The summed E-state index contributed by atoms with van der Waals surface area (Å²) in [5, 5.41) is 11.3. The number of hydrogen-bond acceptors (Lipinski definition) is 4. The molecule has 0 spiro atoms. The number of halogens is 2. The first-order valence-corrected chi connectivity index (χ1v) is 8.07. The highest BCUT2D eigenvalue weighted by molar-refractivity contribution is 6.06. The second-order valence-electron chi connectivity index (χ2n) is 5.47. The zero-order chi connectivity index (χ0) is 17.5. The highest BCUT2D eigenvalue weighted by Gasteiger charge is 2.07. The first-order chi connectivity index (χ1) is 11.5. The van der Waals surface area contributed by atoms with Crippen LogP contribution in [-0.2, 0) is 0 Å². The Morgan fingerprint density at radius 2 is 1.73 bits per heavy atom. The van der Waals surface area contributed by atoms with E-state index in [0.29, 0.717) is 12.2 Å². The number of fused-ring (bicyclic) bond motifs is 1. The number of amides is 1. The maximum atomic E-state index is 11.9. The van der Waals surface area contributed by atoms with Gasteiger partial charge < -0.3 is 15.4 Å². The second kappa shape index (κ2) is 11.6. The molecule has 2 aromatic carbocycles. The van der Waals surface area contributed by atoms with Gasteiger partial charge in [0.1, 0.15) is 12.4 Å². The molecular weight excluding hydrogens is 375 g/mol. The zero-order valence-electron chi connectivity index (χ0n) is 15.0. The van der Waals surface area contributed by atoms with Crippen LogP contribution in [0.3, 0.4) is 0 Å². The lowest BCUT2D eigenvalue weighted by Gasteiger charge is -2.18. The van der Waals surface area contributed by atoms with E-state index >= 15 is 0 Å². The van der Waals surface area contributed by atoms with Gasteiger partial charge in [-0.2, -0.15) is 0 Å².